The lowest BCUT2D eigenvalue weighted by atomic mass is 10.5. The van der Waals surface area contributed by atoms with E-state index in [0.29, 0.717) is 13.0 Å². The van der Waals surface area contributed by atoms with Crippen LogP contribution >= 0.6 is 0 Å². The third-order valence-corrected chi connectivity index (χ3v) is 2.61. The standard InChI is InChI=1S/C7H15NO6S/c9-3-5-14-4-1-2-8-15(12,13)6-7(10)11/h8-9H,1-6H2,(H,10,11). The number of hydrogen-bond acceptors (Lipinski definition) is 5. The number of hydrogen-bond donors (Lipinski definition) is 3. The molecule has 0 aliphatic carbocycles. The highest BCUT2D eigenvalue weighted by atomic mass is 32.2. The second kappa shape index (κ2) is 7.57. The highest BCUT2D eigenvalue weighted by Gasteiger charge is 2.13. The number of carboxylic acid groups (broad SMARTS) is 1. The summed E-state index contributed by atoms with van der Waals surface area (Å²) in [6.45, 7) is 0.573. The summed E-state index contributed by atoms with van der Waals surface area (Å²) in [6, 6.07) is 0. The monoisotopic (exact) mass is 241 g/mol. The molecule has 0 bridgehead atoms. The molecule has 0 unspecified atom stereocenters. The molecule has 7 nitrogen and oxygen atoms in total. The number of nitrogens with one attached hydrogen (secondary N) is 1. The molecule has 0 atom stereocenters. The number of aliphatic hydroxyl groups excluding tert-OH is 1. The van der Waals surface area contributed by atoms with Gasteiger partial charge in [-0.15, -0.1) is 0 Å². The normalized spacial score (nSPS) is 11.5. The van der Waals surface area contributed by atoms with E-state index in [0.717, 1.165) is 0 Å². The lowest BCUT2D eigenvalue weighted by molar-refractivity contribution is -0.134. The second-order valence-electron chi connectivity index (χ2n) is 2.74. The maximum Gasteiger partial charge on any atom is 0.320 e. The summed E-state index contributed by atoms with van der Waals surface area (Å²) in [5.74, 6) is -2.32. The molecule has 3 N–H and O–H groups in total. The first-order valence-electron chi connectivity index (χ1n) is 4.35. The van der Waals surface area contributed by atoms with E-state index in [-0.39, 0.29) is 19.8 Å². The second-order valence-corrected chi connectivity index (χ2v) is 4.54. The van der Waals surface area contributed by atoms with Gasteiger partial charge in [-0.25, -0.2) is 13.1 Å². The highest BCUT2D eigenvalue weighted by Crippen LogP contribution is 1.86. The topological polar surface area (TPSA) is 113 Å². The van der Waals surface area contributed by atoms with Gasteiger partial charge < -0.3 is 14.9 Å². The molecule has 0 aromatic heterocycles. The van der Waals surface area contributed by atoms with Gasteiger partial charge in [0.05, 0.1) is 13.2 Å². The van der Waals surface area contributed by atoms with Gasteiger partial charge in [0.2, 0.25) is 10.0 Å². The van der Waals surface area contributed by atoms with Crippen LogP contribution < -0.4 is 4.72 Å². The maximum absolute atomic E-state index is 11.0. The van der Waals surface area contributed by atoms with Crippen molar-refractivity contribution in [1.82, 2.24) is 4.72 Å². The molecule has 8 heteroatoms. The van der Waals surface area contributed by atoms with Gasteiger partial charge in [0.25, 0.3) is 0 Å². The van der Waals surface area contributed by atoms with Crippen LogP contribution in [0.5, 0.6) is 0 Å². The Morgan fingerprint density at radius 2 is 2.00 bits per heavy atom. The van der Waals surface area contributed by atoms with Crippen molar-refractivity contribution in [2.24, 2.45) is 0 Å². The number of aliphatic carboxylic acids is 1. The first-order chi connectivity index (χ1) is 6.98. The van der Waals surface area contributed by atoms with E-state index in [1.165, 1.54) is 0 Å². The first-order valence-corrected chi connectivity index (χ1v) is 6.01. The van der Waals surface area contributed by atoms with Gasteiger partial charge >= 0.3 is 5.97 Å². The van der Waals surface area contributed by atoms with E-state index in [2.05, 4.69) is 4.72 Å². The van der Waals surface area contributed by atoms with Gasteiger partial charge in [-0.1, -0.05) is 0 Å². The van der Waals surface area contributed by atoms with Crippen LogP contribution in [0.4, 0.5) is 0 Å². The van der Waals surface area contributed by atoms with E-state index in [4.69, 9.17) is 14.9 Å². The van der Waals surface area contributed by atoms with Crippen LogP contribution in [-0.2, 0) is 19.6 Å². The van der Waals surface area contributed by atoms with E-state index in [1.54, 1.807) is 0 Å². The Hall–Kier alpha value is -0.700. The average molecular weight is 241 g/mol. The Morgan fingerprint density at radius 3 is 2.53 bits per heavy atom. The average Bonchev–Trinajstić information content (AvgIpc) is 2.08. The van der Waals surface area contributed by atoms with Gasteiger partial charge in [0.1, 0.15) is 0 Å². The molecule has 0 fully saturated rings. The summed E-state index contributed by atoms with van der Waals surface area (Å²) in [5.41, 5.74) is 0. The van der Waals surface area contributed by atoms with Gasteiger partial charge in [-0.05, 0) is 6.42 Å². The summed E-state index contributed by atoms with van der Waals surface area (Å²) in [4.78, 5) is 10.1. The fourth-order valence-electron chi connectivity index (χ4n) is 0.782. The molecule has 0 aromatic carbocycles. The fraction of sp³-hybridized carbons (Fsp3) is 0.857. The molecular weight excluding hydrogens is 226 g/mol. The number of carbonyl (C=O) groups is 1. The number of aliphatic hydroxyl groups is 1. The van der Waals surface area contributed by atoms with Crippen LogP contribution in [-0.4, -0.2) is 56.7 Å². The van der Waals surface area contributed by atoms with Crippen molar-refractivity contribution in [1.29, 1.82) is 0 Å². The molecular formula is C7H15NO6S. The van der Waals surface area contributed by atoms with Crippen LogP contribution in [0.1, 0.15) is 6.42 Å². The van der Waals surface area contributed by atoms with E-state index in [1.807, 2.05) is 0 Å². The van der Waals surface area contributed by atoms with Gasteiger partial charge in [0.15, 0.2) is 5.75 Å². The summed E-state index contributed by atoms with van der Waals surface area (Å²) in [7, 11) is -3.73. The Bertz CT molecular complexity index is 275. The third kappa shape index (κ3) is 9.60. The molecule has 0 saturated heterocycles. The predicted molar refractivity (Wildman–Crippen MR) is 51.9 cm³/mol. The van der Waals surface area contributed by atoms with E-state index in [9.17, 15) is 13.2 Å². The number of carboxylic acids is 1. The molecule has 0 spiro atoms. The molecule has 0 rings (SSSR count). The van der Waals surface area contributed by atoms with Crippen molar-refractivity contribution in [3.05, 3.63) is 0 Å². The quantitative estimate of drug-likeness (QED) is 0.419. The molecule has 0 aromatic rings. The molecule has 0 radical (unpaired) electrons. The number of ether oxygens (including phenoxy) is 1. The maximum atomic E-state index is 11.0. The number of sulfonamides is 1. The summed E-state index contributed by atoms with van der Waals surface area (Å²) in [6.07, 6.45) is 0.429. The molecule has 0 amide bonds. The number of rotatable bonds is 9. The van der Waals surface area contributed by atoms with Gasteiger partial charge in [0, 0.05) is 13.2 Å². The van der Waals surface area contributed by atoms with Crippen molar-refractivity contribution in [2.75, 3.05) is 32.1 Å². The summed E-state index contributed by atoms with van der Waals surface area (Å²) in [5, 5.41) is 16.6. The zero-order valence-corrected chi connectivity index (χ0v) is 8.99. The summed E-state index contributed by atoms with van der Waals surface area (Å²) >= 11 is 0. The smallest absolute Gasteiger partial charge is 0.320 e. The lowest BCUT2D eigenvalue weighted by Gasteiger charge is -2.04. The minimum absolute atomic E-state index is 0.0786. The Morgan fingerprint density at radius 1 is 1.33 bits per heavy atom. The van der Waals surface area contributed by atoms with Crippen molar-refractivity contribution >= 4 is 16.0 Å². The van der Waals surface area contributed by atoms with Crippen LogP contribution in [0.25, 0.3) is 0 Å². The largest absolute Gasteiger partial charge is 0.480 e. The molecule has 0 aliphatic rings. The van der Waals surface area contributed by atoms with Crippen molar-refractivity contribution in [2.45, 2.75) is 6.42 Å². The van der Waals surface area contributed by atoms with E-state index >= 15 is 0 Å². The minimum atomic E-state index is -3.73. The Kier molecular flexibility index (Phi) is 7.22. The lowest BCUT2D eigenvalue weighted by Crippen LogP contribution is -2.31. The molecule has 0 heterocycles. The fourth-order valence-corrected chi connectivity index (χ4v) is 1.66. The third-order valence-electron chi connectivity index (χ3n) is 1.34. The minimum Gasteiger partial charge on any atom is -0.480 e. The van der Waals surface area contributed by atoms with Crippen molar-refractivity contribution in [3.63, 3.8) is 0 Å². The molecule has 90 valence electrons. The predicted octanol–water partition coefficient (Wildman–Crippen LogP) is -1.61. The Labute approximate surface area is 88.1 Å². The van der Waals surface area contributed by atoms with Crippen LogP contribution in [0, 0.1) is 0 Å². The van der Waals surface area contributed by atoms with Gasteiger partial charge in [-0.2, -0.15) is 0 Å². The molecule has 15 heavy (non-hydrogen) atoms. The SMILES string of the molecule is O=C(O)CS(=O)(=O)NCCCOCCO. The van der Waals surface area contributed by atoms with Crippen LogP contribution in [0.3, 0.4) is 0 Å². The van der Waals surface area contributed by atoms with E-state index < -0.39 is 21.7 Å². The molecule has 0 saturated carbocycles. The summed E-state index contributed by atoms with van der Waals surface area (Å²) < 4.78 is 28.9. The molecule has 0 aliphatic heterocycles. The zero-order chi connectivity index (χ0) is 11.7. The van der Waals surface area contributed by atoms with Gasteiger partial charge in [-0.3, -0.25) is 4.79 Å². The van der Waals surface area contributed by atoms with Crippen LogP contribution in [0.2, 0.25) is 0 Å². The van der Waals surface area contributed by atoms with Crippen LogP contribution in [0.15, 0.2) is 0 Å². The van der Waals surface area contributed by atoms with Crippen molar-refractivity contribution in [3.8, 4) is 0 Å². The first kappa shape index (κ1) is 14.3. The van der Waals surface area contributed by atoms with Crippen molar-refractivity contribution < 1.29 is 28.2 Å². The Balaban J connectivity index is 3.54. The zero-order valence-electron chi connectivity index (χ0n) is 8.18. The highest BCUT2D eigenvalue weighted by molar-refractivity contribution is 7.90.